The Hall–Kier alpha value is -0.670. The largest absolute Gasteiger partial charge is 0.246 e. The van der Waals surface area contributed by atoms with Crippen molar-refractivity contribution in [2.24, 2.45) is 5.41 Å². The standard InChI is InChI=1S/C25H27Cl2NS/c26-21-6-5-17(13-22(21)27)16-29-28-12-7-18-14-24(8-2-9-24)25(10-11-25)20-4-1-3-19(15-28)23(18)20/h1,3-6,13,18H,2,7-12,14-16H2. The van der Waals surface area contributed by atoms with Crippen LogP contribution in [0.25, 0.3) is 0 Å². The van der Waals surface area contributed by atoms with Crippen molar-refractivity contribution in [2.45, 2.75) is 68.6 Å². The first-order valence-corrected chi connectivity index (χ1v) is 12.7. The first-order valence-electron chi connectivity index (χ1n) is 11.0. The molecule has 0 aromatic heterocycles. The van der Waals surface area contributed by atoms with Crippen LogP contribution in [0.2, 0.25) is 10.0 Å². The van der Waals surface area contributed by atoms with Crippen LogP contribution in [0, 0.1) is 5.41 Å². The molecular formula is C25H27Cl2NS. The Morgan fingerprint density at radius 3 is 2.62 bits per heavy atom. The molecule has 2 saturated carbocycles. The molecule has 0 amide bonds. The van der Waals surface area contributed by atoms with Gasteiger partial charge in [-0.2, -0.15) is 0 Å². The van der Waals surface area contributed by atoms with E-state index in [9.17, 15) is 0 Å². The molecule has 2 spiro atoms. The summed E-state index contributed by atoms with van der Waals surface area (Å²) >= 11 is 14.2. The third-order valence-electron chi connectivity index (χ3n) is 8.30. The van der Waals surface area contributed by atoms with Gasteiger partial charge in [-0.1, -0.05) is 65.8 Å². The van der Waals surface area contributed by atoms with Crippen LogP contribution in [0.15, 0.2) is 36.4 Å². The quantitative estimate of drug-likeness (QED) is 0.446. The smallest absolute Gasteiger partial charge is 0.0595 e. The average molecular weight is 444 g/mol. The highest BCUT2D eigenvalue weighted by molar-refractivity contribution is 7.96. The highest BCUT2D eigenvalue weighted by Gasteiger charge is 2.65. The zero-order chi connectivity index (χ0) is 19.6. The molecule has 3 aliphatic carbocycles. The predicted molar refractivity (Wildman–Crippen MR) is 124 cm³/mol. The van der Waals surface area contributed by atoms with Gasteiger partial charge in [-0.15, -0.1) is 0 Å². The number of hydrogen-bond donors (Lipinski definition) is 0. The third-order valence-corrected chi connectivity index (χ3v) is 10.2. The summed E-state index contributed by atoms with van der Waals surface area (Å²) < 4.78 is 2.59. The molecule has 1 atom stereocenters. The lowest BCUT2D eigenvalue weighted by Gasteiger charge is -2.55. The van der Waals surface area contributed by atoms with Crippen molar-refractivity contribution in [3.8, 4) is 0 Å². The number of hydrogen-bond acceptors (Lipinski definition) is 2. The zero-order valence-electron chi connectivity index (χ0n) is 16.7. The summed E-state index contributed by atoms with van der Waals surface area (Å²) in [6.45, 7) is 2.24. The Kier molecular flexibility index (Phi) is 4.54. The number of fused-ring (bicyclic) bond motifs is 2. The Morgan fingerprint density at radius 1 is 1.03 bits per heavy atom. The number of rotatable bonds is 3. The normalized spacial score (nSPS) is 26.1. The molecule has 29 heavy (non-hydrogen) atoms. The van der Waals surface area contributed by atoms with Crippen LogP contribution >= 0.6 is 35.1 Å². The van der Waals surface area contributed by atoms with Crippen LogP contribution < -0.4 is 0 Å². The summed E-state index contributed by atoms with van der Waals surface area (Å²) in [6, 6.07) is 13.3. The first kappa shape index (κ1) is 19.0. The van der Waals surface area contributed by atoms with Gasteiger partial charge in [0.15, 0.2) is 0 Å². The molecule has 1 nitrogen and oxygen atoms in total. The monoisotopic (exact) mass is 443 g/mol. The minimum Gasteiger partial charge on any atom is -0.246 e. The van der Waals surface area contributed by atoms with Gasteiger partial charge < -0.3 is 0 Å². The molecule has 0 N–H and O–H groups in total. The van der Waals surface area contributed by atoms with Gasteiger partial charge in [-0.3, -0.25) is 0 Å². The second-order valence-corrected chi connectivity index (χ2v) is 11.5. The van der Waals surface area contributed by atoms with Gasteiger partial charge in [0.1, 0.15) is 0 Å². The summed E-state index contributed by atoms with van der Waals surface area (Å²) in [5, 5.41) is 1.29. The molecule has 2 fully saturated rings. The van der Waals surface area contributed by atoms with E-state index in [-0.39, 0.29) is 0 Å². The highest BCUT2D eigenvalue weighted by Crippen LogP contribution is 2.73. The van der Waals surface area contributed by atoms with E-state index >= 15 is 0 Å². The molecule has 4 heteroatoms. The van der Waals surface area contributed by atoms with E-state index in [1.54, 1.807) is 16.7 Å². The van der Waals surface area contributed by atoms with E-state index in [2.05, 4.69) is 28.6 Å². The Balaban J connectivity index is 1.26. The van der Waals surface area contributed by atoms with E-state index in [1.807, 2.05) is 24.1 Å². The average Bonchev–Trinajstić information content (AvgIpc) is 3.50. The lowest BCUT2D eigenvalue weighted by molar-refractivity contribution is 0.0422. The third kappa shape index (κ3) is 2.93. The van der Waals surface area contributed by atoms with Crippen LogP contribution in [-0.4, -0.2) is 10.8 Å². The molecular weight excluding hydrogens is 417 g/mol. The first-order chi connectivity index (χ1) is 14.1. The fourth-order valence-corrected chi connectivity index (χ4v) is 7.93. The van der Waals surface area contributed by atoms with Crippen LogP contribution in [0.5, 0.6) is 0 Å². The van der Waals surface area contributed by atoms with Crippen molar-refractivity contribution < 1.29 is 0 Å². The Bertz CT molecular complexity index is 963. The van der Waals surface area contributed by atoms with Crippen molar-refractivity contribution in [3.63, 3.8) is 0 Å². The van der Waals surface area contributed by atoms with E-state index < -0.39 is 0 Å². The van der Waals surface area contributed by atoms with Crippen molar-refractivity contribution in [1.82, 2.24) is 4.31 Å². The molecule has 1 heterocycles. The van der Waals surface area contributed by atoms with Gasteiger partial charge in [0.05, 0.1) is 10.0 Å². The minimum atomic E-state index is 0.551. The van der Waals surface area contributed by atoms with Gasteiger partial charge >= 0.3 is 0 Å². The SMILES string of the molecule is Clc1ccc(CSN2CCC3CC4(CCC4)C4(CC4)c4cccc(c43)C2)cc1Cl. The number of halogens is 2. The molecule has 0 radical (unpaired) electrons. The fraction of sp³-hybridized carbons (Fsp3) is 0.520. The predicted octanol–water partition coefficient (Wildman–Crippen LogP) is 7.74. The van der Waals surface area contributed by atoms with Gasteiger partial charge in [-0.25, -0.2) is 4.31 Å². The molecule has 4 aliphatic rings. The van der Waals surface area contributed by atoms with Crippen LogP contribution in [0.1, 0.15) is 73.1 Å². The van der Waals surface area contributed by atoms with Crippen LogP contribution in [0.3, 0.4) is 0 Å². The number of benzene rings is 2. The summed E-state index contributed by atoms with van der Waals surface area (Å²) in [5.74, 6) is 1.72. The number of nitrogens with zero attached hydrogens (tertiary/aromatic N) is 1. The lowest BCUT2D eigenvalue weighted by atomic mass is 9.49. The summed E-state index contributed by atoms with van der Waals surface area (Å²) in [6.07, 6.45) is 10.0. The van der Waals surface area contributed by atoms with Crippen LogP contribution in [0.4, 0.5) is 0 Å². The molecule has 0 bridgehead atoms. The molecule has 0 saturated heterocycles. The maximum absolute atomic E-state index is 6.21. The molecule has 6 rings (SSSR count). The maximum atomic E-state index is 6.21. The van der Waals surface area contributed by atoms with Crippen molar-refractivity contribution in [3.05, 3.63) is 68.7 Å². The summed E-state index contributed by atoms with van der Waals surface area (Å²) in [7, 11) is 0. The van der Waals surface area contributed by atoms with Gasteiger partial charge in [-0.05, 0) is 84.2 Å². The molecule has 1 aliphatic heterocycles. The van der Waals surface area contributed by atoms with E-state index in [4.69, 9.17) is 23.2 Å². The van der Waals surface area contributed by atoms with Gasteiger partial charge in [0.2, 0.25) is 0 Å². The minimum absolute atomic E-state index is 0.551. The molecule has 2 aromatic rings. The topological polar surface area (TPSA) is 3.24 Å². The zero-order valence-corrected chi connectivity index (χ0v) is 19.1. The van der Waals surface area contributed by atoms with E-state index in [0.717, 1.165) is 18.2 Å². The Labute approximate surface area is 188 Å². The van der Waals surface area contributed by atoms with E-state index in [0.29, 0.717) is 20.9 Å². The fourth-order valence-electron chi connectivity index (χ4n) is 6.64. The van der Waals surface area contributed by atoms with Crippen LogP contribution in [-0.2, 0) is 17.7 Å². The second kappa shape index (κ2) is 6.92. The van der Waals surface area contributed by atoms with E-state index in [1.165, 1.54) is 57.1 Å². The molecule has 2 aromatic carbocycles. The summed E-state index contributed by atoms with van der Waals surface area (Å²) in [4.78, 5) is 0. The molecule has 152 valence electrons. The summed E-state index contributed by atoms with van der Waals surface area (Å²) in [5.41, 5.74) is 7.53. The Morgan fingerprint density at radius 2 is 1.90 bits per heavy atom. The maximum Gasteiger partial charge on any atom is 0.0595 e. The van der Waals surface area contributed by atoms with Gasteiger partial charge in [0.25, 0.3) is 0 Å². The van der Waals surface area contributed by atoms with Gasteiger partial charge in [0, 0.05) is 24.3 Å². The van der Waals surface area contributed by atoms with Crippen molar-refractivity contribution >= 4 is 35.1 Å². The molecule has 1 unspecified atom stereocenters. The highest BCUT2D eigenvalue weighted by atomic mass is 35.5. The lowest BCUT2D eigenvalue weighted by Crippen LogP contribution is -2.46. The second-order valence-electron chi connectivity index (χ2n) is 9.67. The van der Waals surface area contributed by atoms with Crippen molar-refractivity contribution in [1.29, 1.82) is 0 Å². The van der Waals surface area contributed by atoms with Crippen molar-refractivity contribution in [2.75, 3.05) is 6.54 Å².